The number of benzene rings is 1. The van der Waals surface area contributed by atoms with Gasteiger partial charge in [-0.15, -0.1) is 0 Å². The lowest BCUT2D eigenvalue weighted by Gasteiger charge is -2.05. The molecule has 0 amide bonds. The summed E-state index contributed by atoms with van der Waals surface area (Å²) in [5, 5.41) is 0. The Labute approximate surface area is 128 Å². The Morgan fingerprint density at radius 1 is 1.10 bits per heavy atom. The van der Waals surface area contributed by atoms with Crippen LogP contribution in [0.4, 0.5) is 0 Å². The van der Waals surface area contributed by atoms with Crippen LogP contribution in [0, 0.1) is 0 Å². The molecule has 0 aliphatic heterocycles. The maximum atomic E-state index is 12.0. The van der Waals surface area contributed by atoms with E-state index in [-0.39, 0.29) is 5.97 Å². The van der Waals surface area contributed by atoms with Gasteiger partial charge in [0.15, 0.2) is 0 Å². The van der Waals surface area contributed by atoms with Crippen molar-refractivity contribution in [3.05, 3.63) is 53.6 Å². The quantitative estimate of drug-likeness (QED) is 0.271. The molecule has 0 N–H and O–H groups in total. The second-order valence-electron chi connectivity index (χ2n) is 5.01. The van der Waals surface area contributed by atoms with Gasteiger partial charge in [-0.25, -0.2) is 4.79 Å². The van der Waals surface area contributed by atoms with Crippen molar-refractivity contribution in [2.75, 3.05) is 6.61 Å². The average molecular weight is 286 g/mol. The largest absolute Gasteiger partial charge is 0.462 e. The van der Waals surface area contributed by atoms with E-state index in [1.165, 1.54) is 12.8 Å². The van der Waals surface area contributed by atoms with Crippen LogP contribution in [0.2, 0.25) is 0 Å². The molecule has 0 aromatic heterocycles. The van der Waals surface area contributed by atoms with Crippen LogP contribution in [0.15, 0.2) is 48.1 Å². The molecule has 1 aromatic carbocycles. The normalized spacial score (nSPS) is 11.8. The van der Waals surface area contributed by atoms with Crippen LogP contribution in [0.3, 0.4) is 0 Å². The highest BCUT2D eigenvalue weighted by atomic mass is 16.5. The molecule has 0 spiro atoms. The highest BCUT2D eigenvalue weighted by Gasteiger charge is 2.07. The smallest absolute Gasteiger partial charge is 0.337 e. The van der Waals surface area contributed by atoms with Crippen molar-refractivity contribution in [1.29, 1.82) is 0 Å². The Balaban J connectivity index is 2.51. The van der Waals surface area contributed by atoms with E-state index < -0.39 is 0 Å². The molecule has 114 valence electrons. The van der Waals surface area contributed by atoms with Gasteiger partial charge in [0.2, 0.25) is 0 Å². The van der Waals surface area contributed by atoms with E-state index in [1.54, 1.807) is 0 Å². The van der Waals surface area contributed by atoms with E-state index in [2.05, 4.69) is 6.92 Å². The second-order valence-corrected chi connectivity index (χ2v) is 5.01. The van der Waals surface area contributed by atoms with E-state index in [0.717, 1.165) is 24.8 Å². The molecular formula is C19H26O2. The number of unbranched alkanes of at least 4 members (excludes halogenated alkanes) is 3. The molecule has 0 saturated carbocycles. The number of carbonyl (C=O) groups is 1. The van der Waals surface area contributed by atoms with Gasteiger partial charge in [-0.3, -0.25) is 0 Å². The summed E-state index contributed by atoms with van der Waals surface area (Å²) in [6.45, 7) is 4.70. The van der Waals surface area contributed by atoms with E-state index in [4.69, 9.17) is 4.74 Å². The molecule has 0 aliphatic rings. The first-order chi connectivity index (χ1) is 10.3. The monoisotopic (exact) mass is 286 g/mol. The second kappa shape index (κ2) is 10.9. The number of hydrogen-bond acceptors (Lipinski definition) is 2. The zero-order valence-electron chi connectivity index (χ0n) is 13.2. The van der Waals surface area contributed by atoms with Gasteiger partial charge in [0.1, 0.15) is 0 Å². The molecular weight excluding hydrogens is 260 g/mol. The van der Waals surface area contributed by atoms with E-state index in [9.17, 15) is 4.79 Å². The summed E-state index contributed by atoms with van der Waals surface area (Å²) in [6, 6.07) is 9.96. The molecule has 0 aliphatic carbocycles. The number of esters is 1. The summed E-state index contributed by atoms with van der Waals surface area (Å²) in [4.78, 5) is 12.0. The van der Waals surface area contributed by atoms with Gasteiger partial charge in [0.05, 0.1) is 12.2 Å². The first kappa shape index (κ1) is 17.2. The Kier molecular flexibility index (Phi) is 8.94. The molecule has 0 saturated heterocycles. The summed E-state index contributed by atoms with van der Waals surface area (Å²) >= 11 is 0. The Morgan fingerprint density at radius 2 is 1.86 bits per heavy atom. The van der Waals surface area contributed by atoms with Crippen molar-refractivity contribution in [3.63, 3.8) is 0 Å². The van der Waals surface area contributed by atoms with Crippen molar-refractivity contribution >= 4 is 12.0 Å². The van der Waals surface area contributed by atoms with Gasteiger partial charge < -0.3 is 4.74 Å². The highest BCUT2D eigenvalue weighted by Crippen LogP contribution is 2.09. The Morgan fingerprint density at radius 3 is 2.52 bits per heavy atom. The van der Waals surface area contributed by atoms with Gasteiger partial charge in [0.25, 0.3) is 0 Å². The lowest BCUT2D eigenvalue weighted by molar-refractivity contribution is -0.138. The van der Waals surface area contributed by atoms with Crippen molar-refractivity contribution in [2.24, 2.45) is 0 Å². The zero-order chi connectivity index (χ0) is 15.3. The molecule has 1 aromatic rings. The van der Waals surface area contributed by atoms with E-state index in [0.29, 0.717) is 12.2 Å². The van der Waals surface area contributed by atoms with Gasteiger partial charge >= 0.3 is 5.97 Å². The number of hydrogen-bond donors (Lipinski definition) is 0. The fraction of sp³-hybridized carbons (Fsp3) is 0.421. The van der Waals surface area contributed by atoms with Crippen LogP contribution in [-0.4, -0.2) is 12.6 Å². The maximum Gasteiger partial charge on any atom is 0.337 e. The molecule has 0 radical (unpaired) electrons. The van der Waals surface area contributed by atoms with E-state index in [1.807, 2.05) is 55.5 Å². The summed E-state index contributed by atoms with van der Waals surface area (Å²) in [7, 11) is 0. The van der Waals surface area contributed by atoms with Crippen LogP contribution >= 0.6 is 0 Å². The number of rotatable bonds is 9. The molecule has 0 bridgehead atoms. The molecule has 2 nitrogen and oxygen atoms in total. The van der Waals surface area contributed by atoms with Gasteiger partial charge in [-0.05, 0) is 24.5 Å². The first-order valence-corrected chi connectivity index (χ1v) is 7.88. The Bertz CT molecular complexity index is 458. The van der Waals surface area contributed by atoms with Crippen molar-refractivity contribution < 1.29 is 9.53 Å². The van der Waals surface area contributed by atoms with Crippen molar-refractivity contribution in [1.82, 2.24) is 0 Å². The van der Waals surface area contributed by atoms with Gasteiger partial charge in [-0.1, -0.05) is 75.6 Å². The number of carbonyl (C=O) groups excluding carboxylic acids is 1. The standard InChI is InChI=1S/C19H26O2/c1-3-5-6-10-16-21-19(20)18(11-4-2)15-14-17-12-8-7-9-13-17/h7-9,11-15H,3-6,10,16H2,1-2H3. The molecule has 1 rings (SSSR count). The lowest BCUT2D eigenvalue weighted by atomic mass is 10.1. The summed E-state index contributed by atoms with van der Waals surface area (Å²) in [5.74, 6) is -0.222. The average Bonchev–Trinajstić information content (AvgIpc) is 2.52. The molecule has 0 fully saturated rings. The van der Waals surface area contributed by atoms with Crippen molar-refractivity contribution in [3.8, 4) is 0 Å². The first-order valence-electron chi connectivity index (χ1n) is 7.88. The molecule has 0 heterocycles. The fourth-order valence-corrected chi connectivity index (χ4v) is 1.97. The zero-order valence-corrected chi connectivity index (χ0v) is 13.2. The Hall–Kier alpha value is -1.83. The minimum atomic E-state index is -0.222. The number of ether oxygens (including phenoxy) is 1. The molecule has 0 atom stereocenters. The third kappa shape index (κ3) is 7.50. The van der Waals surface area contributed by atoms with Gasteiger partial charge in [0, 0.05) is 0 Å². The third-order valence-electron chi connectivity index (χ3n) is 3.15. The minimum absolute atomic E-state index is 0.222. The summed E-state index contributed by atoms with van der Waals surface area (Å²) in [5.41, 5.74) is 1.71. The van der Waals surface area contributed by atoms with Crippen molar-refractivity contribution in [2.45, 2.75) is 46.0 Å². The van der Waals surface area contributed by atoms with E-state index >= 15 is 0 Å². The van der Waals surface area contributed by atoms with Gasteiger partial charge in [-0.2, -0.15) is 0 Å². The number of allylic oxidation sites excluding steroid dienone is 1. The summed E-state index contributed by atoms with van der Waals surface area (Å²) in [6.07, 6.45) is 11.0. The van der Waals surface area contributed by atoms with Crippen LogP contribution in [0.1, 0.15) is 51.5 Å². The molecule has 0 unspecified atom stereocenters. The van der Waals surface area contributed by atoms with Crippen LogP contribution in [0.5, 0.6) is 0 Å². The molecule has 21 heavy (non-hydrogen) atoms. The highest BCUT2D eigenvalue weighted by molar-refractivity contribution is 5.92. The lowest BCUT2D eigenvalue weighted by Crippen LogP contribution is -2.07. The third-order valence-corrected chi connectivity index (χ3v) is 3.15. The van der Waals surface area contributed by atoms with Crippen LogP contribution in [0.25, 0.3) is 6.08 Å². The predicted molar refractivity (Wildman–Crippen MR) is 89.0 cm³/mol. The molecule has 2 heteroatoms. The SMILES string of the molecule is CCC=C(C=Cc1ccccc1)C(=O)OCCCCCC. The van der Waals surface area contributed by atoms with Crippen LogP contribution in [-0.2, 0) is 9.53 Å². The summed E-state index contributed by atoms with van der Waals surface area (Å²) < 4.78 is 5.33. The van der Waals surface area contributed by atoms with Crippen LogP contribution < -0.4 is 0 Å². The maximum absolute atomic E-state index is 12.0. The topological polar surface area (TPSA) is 26.3 Å². The predicted octanol–water partition coefficient (Wildman–Crippen LogP) is 5.16. The fourth-order valence-electron chi connectivity index (χ4n) is 1.97. The minimum Gasteiger partial charge on any atom is -0.462 e.